The number of hydrazine groups is 1. The molecule has 4 aliphatic rings. The average Bonchev–Trinajstić information content (AvgIpc) is 2.76. The van der Waals surface area contributed by atoms with E-state index in [1.54, 1.807) is 0 Å². The summed E-state index contributed by atoms with van der Waals surface area (Å²) in [6.07, 6.45) is 17.8. The monoisotopic (exact) mass is 413 g/mol. The van der Waals surface area contributed by atoms with Gasteiger partial charge in [0.15, 0.2) is 6.21 Å². The van der Waals surface area contributed by atoms with E-state index in [-0.39, 0.29) is 0 Å². The third-order valence-electron chi connectivity index (χ3n) is 6.14. The van der Waals surface area contributed by atoms with Crippen LogP contribution in [-0.2, 0) is 4.74 Å². The van der Waals surface area contributed by atoms with E-state index in [4.69, 9.17) is 4.74 Å². The number of nitrogens with zero attached hydrogens (tertiary/aromatic N) is 3. The van der Waals surface area contributed by atoms with Crippen molar-refractivity contribution in [2.45, 2.75) is 25.8 Å². The van der Waals surface area contributed by atoms with E-state index in [1.807, 2.05) is 11.8 Å². The third-order valence-corrected chi connectivity index (χ3v) is 7.01. The van der Waals surface area contributed by atoms with Crippen LogP contribution in [0, 0.1) is 0 Å². The normalized spacial score (nSPS) is 29.1. The average molecular weight is 414 g/mol. The summed E-state index contributed by atoms with van der Waals surface area (Å²) >= 11 is 1.87. The lowest BCUT2D eigenvalue weighted by Crippen LogP contribution is -2.50. The molecule has 29 heavy (non-hydrogen) atoms. The van der Waals surface area contributed by atoms with Crippen LogP contribution in [-0.4, -0.2) is 79.4 Å². The van der Waals surface area contributed by atoms with Crippen molar-refractivity contribution < 1.29 is 9.31 Å². The number of nitrogens with one attached hydrogen (secondary N) is 1. The molecule has 0 saturated carbocycles. The van der Waals surface area contributed by atoms with Gasteiger partial charge in [0.05, 0.1) is 19.3 Å². The molecule has 4 rings (SSSR count). The van der Waals surface area contributed by atoms with E-state index in [0.717, 1.165) is 52.2 Å². The van der Waals surface area contributed by atoms with Crippen LogP contribution in [0.5, 0.6) is 0 Å². The first-order valence-electron chi connectivity index (χ1n) is 10.6. The van der Waals surface area contributed by atoms with E-state index in [2.05, 4.69) is 76.7 Å². The van der Waals surface area contributed by atoms with Gasteiger partial charge in [0.2, 0.25) is 5.70 Å². The Balaban J connectivity index is 1.48. The van der Waals surface area contributed by atoms with Crippen LogP contribution in [0.25, 0.3) is 0 Å². The number of allylic oxidation sites excluding steroid dienone is 5. The Hall–Kier alpha value is -1.60. The number of likely N-dealkylation sites (N-methyl/N-ethyl adjacent to an activating group) is 1. The summed E-state index contributed by atoms with van der Waals surface area (Å²) in [5.41, 5.74) is 9.40. The van der Waals surface area contributed by atoms with Gasteiger partial charge in [-0.25, -0.2) is 15.0 Å². The zero-order valence-electron chi connectivity index (χ0n) is 17.9. The van der Waals surface area contributed by atoms with Crippen molar-refractivity contribution in [2.75, 3.05) is 52.7 Å². The van der Waals surface area contributed by atoms with E-state index in [1.165, 1.54) is 27.4 Å². The molecule has 0 bridgehead atoms. The molecular formula is C23H33N4OS+. The van der Waals surface area contributed by atoms with E-state index in [0.29, 0.717) is 6.04 Å². The fourth-order valence-corrected chi connectivity index (χ4v) is 5.07. The Morgan fingerprint density at radius 3 is 2.83 bits per heavy atom. The van der Waals surface area contributed by atoms with Gasteiger partial charge < -0.3 is 9.64 Å². The maximum atomic E-state index is 5.48. The van der Waals surface area contributed by atoms with Crippen LogP contribution in [0.15, 0.2) is 57.8 Å². The molecule has 1 unspecified atom stereocenters. The van der Waals surface area contributed by atoms with E-state index >= 15 is 0 Å². The topological polar surface area (TPSA) is 30.8 Å². The minimum absolute atomic E-state index is 0.374. The maximum absolute atomic E-state index is 5.48. The molecular weight excluding hydrogens is 380 g/mol. The first kappa shape index (κ1) is 20.7. The van der Waals surface area contributed by atoms with Gasteiger partial charge in [0.25, 0.3) is 0 Å². The summed E-state index contributed by atoms with van der Waals surface area (Å²) in [5, 5.41) is 2.32. The molecule has 1 atom stereocenters. The number of rotatable bonds is 4. The van der Waals surface area contributed by atoms with Crippen molar-refractivity contribution in [1.29, 1.82) is 0 Å². The second-order valence-electron chi connectivity index (χ2n) is 7.99. The van der Waals surface area contributed by atoms with Crippen LogP contribution in [0.4, 0.5) is 0 Å². The maximum Gasteiger partial charge on any atom is 0.204 e. The molecule has 5 nitrogen and oxygen atoms in total. The van der Waals surface area contributed by atoms with Gasteiger partial charge in [-0.15, -0.1) is 11.8 Å². The molecule has 0 amide bonds. The van der Waals surface area contributed by atoms with Crippen LogP contribution < -0.4 is 5.43 Å². The van der Waals surface area contributed by atoms with Gasteiger partial charge in [-0.05, 0) is 37.7 Å². The summed E-state index contributed by atoms with van der Waals surface area (Å²) in [6.45, 7) is 7.84. The van der Waals surface area contributed by atoms with Gasteiger partial charge in [0.1, 0.15) is 13.6 Å². The minimum atomic E-state index is 0.374. The van der Waals surface area contributed by atoms with Crippen LogP contribution >= 0.6 is 11.8 Å². The predicted molar refractivity (Wildman–Crippen MR) is 122 cm³/mol. The molecule has 3 heterocycles. The van der Waals surface area contributed by atoms with Crippen molar-refractivity contribution >= 4 is 18.0 Å². The highest BCUT2D eigenvalue weighted by Crippen LogP contribution is 2.32. The summed E-state index contributed by atoms with van der Waals surface area (Å²) in [5.74, 6) is 0. The molecule has 1 N–H and O–H groups in total. The molecule has 0 spiro atoms. The molecule has 1 aliphatic carbocycles. The fraction of sp³-hybridized carbons (Fsp3) is 0.522. The lowest BCUT2D eigenvalue weighted by molar-refractivity contribution is -0.442. The summed E-state index contributed by atoms with van der Waals surface area (Å²) in [7, 11) is 2.17. The molecule has 1 saturated heterocycles. The number of hydrogen-bond acceptors (Lipinski definition) is 5. The molecule has 0 aromatic rings. The van der Waals surface area contributed by atoms with Crippen molar-refractivity contribution in [3.8, 4) is 0 Å². The largest absolute Gasteiger partial charge is 0.379 e. The second kappa shape index (κ2) is 9.47. The number of thioether (sulfide) groups is 1. The lowest BCUT2D eigenvalue weighted by atomic mass is 9.95. The van der Waals surface area contributed by atoms with Gasteiger partial charge >= 0.3 is 0 Å². The molecule has 1 fully saturated rings. The van der Waals surface area contributed by atoms with Gasteiger partial charge in [-0.1, -0.05) is 18.2 Å². The first-order chi connectivity index (χ1) is 14.2. The Bertz CT molecular complexity index is 815. The van der Waals surface area contributed by atoms with E-state index in [9.17, 15) is 0 Å². The number of morpholine rings is 1. The zero-order chi connectivity index (χ0) is 20.2. The molecule has 0 radical (unpaired) electrons. The highest BCUT2D eigenvalue weighted by Gasteiger charge is 2.29. The van der Waals surface area contributed by atoms with Crippen molar-refractivity contribution in [3.05, 3.63) is 57.8 Å². The highest BCUT2D eigenvalue weighted by molar-refractivity contribution is 8.02. The summed E-state index contributed by atoms with van der Waals surface area (Å²) in [6, 6.07) is 0.374. The molecule has 6 heteroatoms. The van der Waals surface area contributed by atoms with Crippen molar-refractivity contribution in [1.82, 2.24) is 15.3 Å². The van der Waals surface area contributed by atoms with Crippen LogP contribution in [0.1, 0.15) is 19.8 Å². The Morgan fingerprint density at radius 1 is 1.21 bits per heavy atom. The highest BCUT2D eigenvalue weighted by atomic mass is 32.2. The summed E-state index contributed by atoms with van der Waals surface area (Å²) in [4.78, 5) is 3.97. The third kappa shape index (κ3) is 4.77. The van der Waals surface area contributed by atoms with Crippen LogP contribution in [0.3, 0.4) is 0 Å². The van der Waals surface area contributed by atoms with Crippen molar-refractivity contribution in [3.63, 3.8) is 0 Å². The minimum Gasteiger partial charge on any atom is -0.379 e. The smallest absolute Gasteiger partial charge is 0.204 e. The quantitative estimate of drug-likeness (QED) is 0.716. The van der Waals surface area contributed by atoms with Gasteiger partial charge in [-0.2, -0.15) is 0 Å². The first-order valence-corrected chi connectivity index (χ1v) is 11.8. The molecule has 0 aromatic heterocycles. The van der Waals surface area contributed by atoms with Gasteiger partial charge in [-0.3, -0.25) is 0 Å². The Morgan fingerprint density at radius 2 is 2.03 bits per heavy atom. The standard InChI is InChI=1S/C23H33N4OS/c1-18-6-4-5-10-25(2)22-17-26(11-9-20(18)22)19-7-8-21(23(16-19)29-3)24-27-12-14-28-15-13-27/h4-7,10,16,21,24H,8-9,11-15,17H2,1-3H3/q+1/b5-4-,6-4?,10-5?,18-6+,20-18?,25-10?,25-22?. The number of hydrogen-bond donors (Lipinski definition) is 1. The van der Waals surface area contributed by atoms with Gasteiger partial charge in [0, 0.05) is 41.9 Å². The lowest BCUT2D eigenvalue weighted by Gasteiger charge is -2.36. The second-order valence-corrected chi connectivity index (χ2v) is 8.87. The Kier molecular flexibility index (Phi) is 6.75. The number of ether oxygens (including phenoxy) is 1. The fourth-order valence-electron chi connectivity index (χ4n) is 4.40. The molecule has 3 aliphatic heterocycles. The summed E-state index contributed by atoms with van der Waals surface area (Å²) < 4.78 is 7.77. The van der Waals surface area contributed by atoms with E-state index < -0.39 is 0 Å². The zero-order valence-corrected chi connectivity index (χ0v) is 18.7. The molecule has 156 valence electrons. The predicted octanol–water partition coefficient (Wildman–Crippen LogP) is 2.92. The Labute approximate surface area is 179 Å². The van der Waals surface area contributed by atoms with Crippen molar-refractivity contribution in [2.24, 2.45) is 0 Å². The molecule has 0 aromatic carbocycles. The SMILES string of the molecule is CSC1=CC(N2CCC3=C(C2)[N+](C)=C/C=C\C=C\3C)=CCC1NN1CCOCC1. The van der Waals surface area contributed by atoms with Crippen LogP contribution in [0.2, 0.25) is 0 Å².